The van der Waals surface area contributed by atoms with Crippen LogP contribution in [0.1, 0.15) is 52.8 Å². The third kappa shape index (κ3) is 4.41. The van der Waals surface area contributed by atoms with Gasteiger partial charge in [0.25, 0.3) is 6.71 Å². The van der Waals surface area contributed by atoms with Crippen LogP contribution in [0.5, 0.6) is 0 Å². The van der Waals surface area contributed by atoms with E-state index in [9.17, 15) is 0 Å². The molecular formula is C56H46BN3. The van der Waals surface area contributed by atoms with E-state index in [1.807, 2.05) is 0 Å². The fraction of sp³-hybridized carbons (Fsp3) is 0.143. The van der Waals surface area contributed by atoms with Crippen molar-refractivity contribution in [1.29, 1.82) is 0 Å². The van der Waals surface area contributed by atoms with E-state index in [-0.39, 0.29) is 6.71 Å². The fourth-order valence-electron chi connectivity index (χ4n) is 11.7. The van der Waals surface area contributed by atoms with E-state index in [0.29, 0.717) is 0 Å². The molecule has 9 aromatic rings. The van der Waals surface area contributed by atoms with E-state index < -0.39 is 11.0 Å². The van der Waals surface area contributed by atoms with Crippen molar-refractivity contribution >= 4 is 73.3 Å². The molecule has 60 heavy (non-hydrogen) atoms. The highest BCUT2D eigenvalue weighted by atomic mass is 15.3. The number of benzene rings is 8. The first-order valence-corrected chi connectivity index (χ1v) is 21.4. The van der Waals surface area contributed by atoms with Gasteiger partial charge in [0.15, 0.2) is 0 Å². The van der Waals surface area contributed by atoms with E-state index in [1.54, 1.807) is 0 Å². The summed E-state index contributed by atoms with van der Waals surface area (Å²) in [6, 6.07) is 64.4. The summed E-state index contributed by atoms with van der Waals surface area (Å²) in [5.41, 5.74) is 22.1. The molecule has 0 bridgehead atoms. The number of fused-ring (bicyclic) bond motifs is 7. The molecule has 0 aliphatic carbocycles. The first-order chi connectivity index (χ1) is 29.2. The zero-order valence-corrected chi connectivity index (χ0v) is 35.1. The first-order valence-electron chi connectivity index (χ1n) is 21.4. The number of hydrogen-bond donors (Lipinski definition) is 0. The lowest BCUT2D eigenvalue weighted by molar-refractivity contribution is 0.336. The third-order valence-corrected chi connectivity index (χ3v) is 14.6. The van der Waals surface area contributed by atoms with Crippen molar-refractivity contribution in [2.75, 3.05) is 9.80 Å². The maximum absolute atomic E-state index is 2.78. The van der Waals surface area contributed by atoms with Gasteiger partial charge in [0.2, 0.25) is 0 Å². The van der Waals surface area contributed by atoms with E-state index in [1.165, 1.54) is 106 Å². The van der Waals surface area contributed by atoms with E-state index in [0.717, 1.165) is 5.69 Å². The number of aromatic nitrogens is 1. The van der Waals surface area contributed by atoms with Crippen molar-refractivity contribution in [1.82, 2.24) is 4.57 Å². The Kier molecular flexibility index (Phi) is 7.26. The molecule has 12 rings (SSSR count). The van der Waals surface area contributed by atoms with Gasteiger partial charge in [0.1, 0.15) is 0 Å². The Morgan fingerprint density at radius 3 is 1.82 bits per heavy atom. The molecule has 3 nitrogen and oxygen atoms in total. The summed E-state index contributed by atoms with van der Waals surface area (Å²) >= 11 is 0. The minimum atomic E-state index is -0.514. The Morgan fingerprint density at radius 1 is 0.517 bits per heavy atom. The lowest BCUT2D eigenvalue weighted by Crippen LogP contribution is -2.63. The van der Waals surface area contributed by atoms with Crippen LogP contribution in [0.2, 0.25) is 0 Å². The van der Waals surface area contributed by atoms with E-state index >= 15 is 0 Å². The van der Waals surface area contributed by atoms with Crippen LogP contribution in [-0.2, 0) is 11.0 Å². The van der Waals surface area contributed by atoms with Crippen LogP contribution in [-0.4, -0.2) is 11.3 Å². The predicted octanol–water partition coefficient (Wildman–Crippen LogP) is 12.0. The highest BCUT2D eigenvalue weighted by Crippen LogP contribution is 2.63. The minimum Gasteiger partial charge on any atom is -0.331 e. The maximum Gasteiger partial charge on any atom is 0.252 e. The molecule has 0 N–H and O–H groups in total. The van der Waals surface area contributed by atoms with Gasteiger partial charge in [0, 0.05) is 50.1 Å². The Hall–Kier alpha value is -6.78. The highest BCUT2D eigenvalue weighted by Gasteiger charge is 2.62. The summed E-state index contributed by atoms with van der Waals surface area (Å²) in [4.78, 5) is 5.29. The predicted molar refractivity (Wildman–Crippen MR) is 254 cm³/mol. The molecule has 0 spiro atoms. The van der Waals surface area contributed by atoms with Crippen molar-refractivity contribution in [2.45, 2.75) is 52.5 Å². The van der Waals surface area contributed by atoms with Gasteiger partial charge in [-0.2, -0.15) is 0 Å². The van der Waals surface area contributed by atoms with Crippen LogP contribution >= 0.6 is 0 Å². The van der Waals surface area contributed by atoms with Crippen molar-refractivity contribution in [2.24, 2.45) is 0 Å². The summed E-state index contributed by atoms with van der Waals surface area (Å²) in [7, 11) is 0. The van der Waals surface area contributed by atoms with Gasteiger partial charge in [-0.1, -0.05) is 139 Å². The summed E-state index contributed by atoms with van der Waals surface area (Å²) in [6.45, 7) is 14.0. The molecule has 4 heteroatoms. The molecule has 3 aliphatic heterocycles. The normalized spacial score (nSPS) is 18.2. The van der Waals surface area contributed by atoms with Crippen molar-refractivity contribution in [3.8, 4) is 5.69 Å². The molecule has 0 radical (unpaired) electrons. The topological polar surface area (TPSA) is 11.4 Å². The van der Waals surface area contributed by atoms with Crippen LogP contribution in [0, 0.1) is 27.7 Å². The van der Waals surface area contributed by atoms with Crippen LogP contribution in [0.15, 0.2) is 170 Å². The third-order valence-electron chi connectivity index (χ3n) is 14.6. The second-order valence-corrected chi connectivity index (χ2v) is 17.9. The number of anilines is 5. The average Bonchev–Trinajstić information content (AvgIpc) is 3.70. The summed E-state index contributed by atoms with van der Waals surface area (Å²) in [5.74, 6) is 0. The fourth-order valence-corrected chi connectivity index (χ4v) is 11.7. The second kappa shape index (κ2) is 12.4. The van der Waals surface area contributed by atoms with E-state index in [4.69, 9.17) is 0 Å². The lowest BCUT2D eigenvalue weighted by Gasteiger charge is -2.50. The number of para-hydroxylation sites is 3. The molecule has 288 valence electrons. The largest absolute Gasteiger partial charge is 0.331 e. The van der Waals surface area contributed by atoms with Crippen molar-refractivity contribution in [3.63, 3.8) is 0 Å². The Labute approximate surface area is 353 Å². The van der Waals surface area contributed by atoms with Gasteiger partial charge in [-0.05, 0) is 128 Å². The molecule has 0 amide bonds. The quantitative estimate of drug-likeness (QED) is 0.162. The standard InChI is InChI=1S/C56H46BN3/c1-35-28-29-49-42(30-35)43-31-36(2)32-46-53(43)59(49)50-33-41(58(47-26-15-13-18-37(47)3)48-27-16-14-19-38(48)4)34-51-52(50)57(46)45-25-17-24-44-54(45)60(51)56(6,40-22-11-8-12-23-40)55(44,5)39-20-9-7-10-21-39/h7-34H,1-6H3. The number of hydrogen-bond acceptors (Lipinski definition) is 2. The second-order valence-electron chi connectivity index (χ2n) is 17.9. The molecule has 1 aromatic heterocycles. The van der Waals surface area contributed by atoms with Crippen LogP contribution in [0.4, 0.5) is 28.4 Å². The number of nitrogens with zero attached hydrogens (tertiary/aromatic N) is 3. The summed E-state index contributed by atoms with van der Waals surface area (Å²) in [5, 5.41) is 2.64. The minimum absolute atomic E-state index is 0.0408. The zero-order valence-electron chi connectivity index (χ0n) is 35.1. The lowest BCUT2D eigenvalue weighted by atomic mass is 9.33. The zero-order chi connectivity index (χ0) is 40.7. The van der Waals surface area contributed by atoms with Gasteiger partial charge < -0.3 is 14.4 Å². The van der Waals surface area contributed by atoms with Crippen LogP contribution < -0.4 is 26.2 Å². The Morgan fingerprint density at radius 2 is 1.13 bits per heavy atom. The van der Waals surface area contributed by atoms with Crippen LogP contribution in [0.25, 0.3) is 27.5 Å². The Bertz CT molecular complexity index is 3210. The van der Waals surface area contributed by atoms with Gasteiger partial charge in [-0.3, -0.25) is 0 Å². The van der Waals surface area contributed by atoms with Crippen LogP contribution in [0.3, 0.4) is 0 Å². The molecule has 4 heterocycles. The van der Waals surface area contributed by atoms with Gasteiger partial charge in [-0.15, -0.1) is 0 Å². The molecule has 0 fully saturated rings. The summed E-state index contributed by atoms with van der Waals surface area (Å²) in [6.07, 6.45) is 0. The smallest absolute Gasteiger partial charge is 0.252 e. The average molecular weight is 772 g/mol. The number of rotatable bonds is 5. The van der Waals surface area contributed by atoms with Crippen molar-refractivity contribution in [3.05, 3.63) is 209 Å². The maximum atomic E-state index is 2.78. The van der Waals surface area contributed by atoms with Gasteiger partial charge in [-0.25, -0.2) is 0 Å². The van der Waals surface area contributed by atoms with Gasteiger partial charge in [0.05, 0.1) is 16.7 Å². The van der Waals surface area contributed by atoms with Crippen molar-refractivity contribution < 1.29 is 0 Å². The number of aryl methyl sites for hydroxylation is 4. The SMILES string of the molecule is Cc1ccc2c(c1)c1cc(C)cc3c1n2-c1cc(N(c2ccccc2C)c2ccccc2C)cc2c1B3c1cccc3c1N2C(C)(c1ccccc1)C3(C)c1ccccc1. The molecule has 3 aliphatic rings. The molecule has 2 unspecified atom stereocenters. The van der Waals surface area contributed by atoms with Gasteiger partial charge >= 0.3 is 0 Å². The highest BCUT2D eigenvalue weighted by molar-refractivity contribution is 7.00. The molecule has 2 atom stereocenters. The molecule has 0 saturated heterocycles. The molecular weight excluding hydrogens is 725 g/mol. The van der Waals surface area contributed by atoms with E-state index in [2.05, 4.69) is 226 Å². The summed E-state index contributed by atoms with van der Waals surface area (Å²) < 4.78 is 2.62. The first kappa shape index (κ1) is 35.2. The molecule has 8 aromatic carbocycles. The monoisotopic (exact) mass is 771 g/mol. The Balaban J connectivity index is 1.29. The molecule has 0 saturated carbocycles.